The summed E-state index contributed by atoms with van der Waals surface area (Å²) in [5, 5.41) is 14.5. The van der Waals surface area contributed by atoms with Crippen molar-refractivity contribution in [3.63, 3.8) is 0 Å². The summed E-state index contributed by atoms with van der Waals surface area (Å²) >= 11 is 0. The van der Waals surface area contributed by atoms with Crippen LogP contribution in [0.3, 0.4) is 0 Å². The van der Waals surface area contributed by atoms with Crippen LogP contribution in [0, 0.1) is 18.2 Å². The smallest absolute Gasteiger partial charge is 0.145 e. The van der Waals surface area contributed by atoms with Crippen LogP contribution in [0.4, 0.5) is 4.39 Å². The Morgan fingerprint density at radius 3 is 2.86 bits per heavy atom. The lowest BCUT2D eigenvalue weighted by Crippen LogP contribution is -2.39. The van der Waals surface area contributed by atoms with Crippen molar-refractivity contribution >= 4 is 5.71 Å². The number of terminal acetylenes is 1. The van der Waals surface area contributed by atoms with E-state index in [0.717, 1.165) is 16.8 Å². The average molecular weight is 396 g/mol. The van der Waals surface area contributed by atoms with Gasteiger partial charge in [-0.05, 0) is 23.3 Å². The summed E-state index contributed by atoms with van der Waals surface area (Å²) in [4.78, 5) is 7.65. The van der Waals surface area contributed by atoms with Gasteiger partial charge in [-0.15, -0.1) is 6.42 Å². The van der Waals surface area contributed by atoms with Gasteiger partial charge < -0.3 is 14.7 Å². The maximum absolute atomic E-state index is 13.6. The number of hydrogen-bond donors (Lipinski definition) is 1. The third kappa shape index (κ3) is 6.68. The molecule has 5 nitrogen and oxygen atoms in total. The molecule has 1 aliphatic rings. The molecule has 0 radical (unpaired) electrons. The second-order valence-corrected chi connectivity index (χ2v) is 7.03. The van der Waals surface area contributed by atoms with Crippen LogP contribution in [-0.4, -0.2) is 54.2 Å². The van der Waals surface area contributed by atoms with Gasteiger partial charge >= 0.3 is 0 Å². The largest absolute Gasteiger partial charge is 0.390 e. The lowest BCUT2D eigenvalue weighted by Gasteiger charge is -2.27. The molecule has 6 heteroatoms. The van der Waals surface area contributed by atoms with Gasteiger partial charge in [-0.25, -0.2) is 4.39 Å². The lowest BCUT2D eigenvalue weighted by atomic mass is 10.0. The van der Waals surface area contributed by atoms with Gasteiger partial charge in [0.1, 0.15) is 18.5 Å². The van der Waals surface area contributed by atoms with Gasteiger partial charge in [-0.3, -0.25) is 4.90 Å². The lowest BCUT2D eigenvalue weighted by molar-refractivity contribution is 0.00417. The van der Waals surface area contributed by atoms with Crippen molar-refractivity contribution in [2.24, 2.45) is 5.16 Å². The van der Waals surface area contributed by atoms with Crippen molar-refractivity contribution in [2.75, 3.05) is 26.3 Å². The molecule has 0 saturated carbocycles. The SMILES string of the molecule is C#CCOC[C@@H](O)CN(Cc1cccc(F)c1)C[C@@H]1CC(c2ccccc2)=NO1. The Morgan fingerprint density at radius 2 is 2.10 bits per heavy atom. The van der Waals surface area contributed by atoms with Crippen LogP contribution in [0.5, 0.6) is 0 Å². The van der Waals surface area contributed by atoms with Crippen LogP contribution < -0.4 is 0 Å². The minimum atomic E-state index is -0.715. The van der Waals surface area contributed by atoms with Gasteiger partial charge in [0, 0.05) is 26.1 Å². The number of oxime groups is 1. The van der Waals surface area contributed by atoms with Crippen molar-refractivity contribution in [1.29, 1.82) is 0 Å². The fraction of sp³-hybridized carbons (Fsp3) is 0.348. The molecule has 0 spiro atoms. The van der Waals surface area contributed by atoms with Crippen molar-refractivity contribution in [3.8, 4) is 12.3 Å². The van der Waals surface area contributed by atoms with Gasteiger partial charge in [0.25, 0.3) is 0 Å². The molecule has 0 saturated heterocycles. The monoisotopic (exact) mass is 396 g/mol. The first-order chi connectivity index (χ1) is 14.1. The van der Waals surface area contributed by atoms with Gasteiger partial charge in [0.2, 0.25) is 0 Å². The summed E-state index contributed by atoms with van der Waals surface area (Å²) in [5.41, 5.74) is 2.76. The second-order valence-electron chi connectivity index (χ2n) is 7.03. The van der Waals surface area contributed by atoms with E-state index in [1.165, 1.54) is 12.1 Å². The molecule has 2 atom stereocenters. The first-order valence-electron chi connectivity index (χ1n) is 9.58. The Labute approximate surface area is 170 Å². The van der Waals surface area contributed by atoms with Gasteiger partial charge in [0.05, 0.1) is 18.4 Å². The van der Waals surface area contributed by atoms with Crippen molar-refractivity contribution in [2.45, 2.75) is 25.2 Å². The Balaban J connectivity index is 1.61. The van der Waals surface area contributed by atoms with Gasteiger partial charge in [-0.1, -0.05) is 53.5 Å². The minimum Gasteiger partial charge on any atom is -0.390 e. The predicted octanol–water partition coefficient (Wildman–Crippen LogP) is 2.83. The fourth-order valence-electron chi connectivity index (χ4n) is 3.32. The molecule has 2 aromatic rings. The third-order valence-corrected chi connectivity index (χ3v) is 4.56. The van der Waals surface area contributed by atoms with Crippen LogP contribution in [0.15, 0.2) is 59.8 Å². The highest BCUT2D eigenvalue weighted by Crippen LogP contribution is 2.19. The number of halogens is 1. The van der Waals surface area contributed by atoms with E-state index in [-0.39, 0.29) is 25.1 Å². The van der Waals surface area contributed by atoms with Crippen molar-refractivity contribution < 1.29 is 19.1 Å². The molecule has 3 rings (SSSR count). The summed E-state index contributed by atoms with van der Waals surface area (Å²) in [6, 6.07) is 16.3. The number of rotatable bonds is 10. The summed E-state index contributed by atoms with van der Waals surface area (Å²) < 4.78 is 18.8. The van der Waals surface area contributed by atoms with E-state index in [2.05, 4.69) is 11.1 Å². The summed E-state index contributed by atoms with van der Waals surface area (Å²) in [6.07, 6.45) is 4.99. The maximum Gasteiger partial charge on any atom is 0.145 e. The van der Waals surface area contributed by atoms with Crippen LogP contribution in [0.2, 0.25) is 0 Å². The molecule has 0 aromatic heterocycles. The Morgan fingerprint density at radius 1 is 1.28 bits per heavy atom. The molecule has 1 N–H and O–H groups in total. The van der Waals surface area contributed by atoms with E-state index in [9.17, 15) is 9.50 Å². The molecule has 0 aliphatic carbocycles. The van der Waals surface area contributed by atoms with Crippen LogP contribution in [0.25, 0.3) is 0 Å². The highest BCUT2D eigenvalue weighted by atomic mass is 19.1. The molecule has 0 amide bonds. The van der Waals surface area contributed by atoms with Gasteiger partial charge in [-0.2, -0.15) is 0 Å². The maximum atomic E-state index is 13.6. The predicted molar refractivity (Wildman–Crippen MR) is 110 cm³/mol. The first kappa shape index (κ1) is 21.0. The van der Waals surface area contributed by atoms with Crippen LogP contribution in [-0.2, 0) is 16.1 Å². The van der Waals surface area contributed by atoms with Crippen molar-refractivity contribution in [1.82, 2.24) is 4.90 Å². The Bertz CT molecular complexity index is 851. The molecular weight excluding hydrogens is 371 g/mol. The Kier molecular flexibility index (Phi) is 7.77. The number of aliphatic hydroxyl groups excluding tert-OH is 1. The molecule has 0 fully saturated rings. The standard InChI is InChI=1S/C23H25FN2O3/c1-2-11-28-17-21(27)15-26(14-18-7-6-10-20(24)12-18)16-22-13-23(25-29-22)19-8-4-3-5-9-19/h1,3-10,12,21-22,27H,11,13-17H2/t21-,22-/m0/s1. The van der Waals surface area contributed by atoms with Crippen LogP contribution in [0.1, 0.15) is 17.5 Å². The van der Waals surface area contributed by atoms with Gasteiger partial charge in [0.15, 0.2) is 0 Å². The zero-order valence-electron chi connectivity index (χ0n) is 16.2. The van der Waals surface area contributed by atoms with E-state index in [0.29, 0.717) is 26.1 Å². The summed E-state index contributed by atoms with van der Waals surface area (Å²) in [5.74, 6) is 2.09. The van der Waals surface area contributed by atoms with E-state index < -0.39 is 6.10 Å². The van der Waals surface area contributed by atoms with E-state index in [4.69, 9.17) is 16.0 Å². The van der Waals surface area contributed by atoms with Crippen molar-refractivity contribution in [3.05, 3.63) is 71.5 Å². The molecule has 29 heavy (non-hydrogen) atoms. The number of hydrogen-bond acceptors (Lipinski definition) is 5. The normalized spacial score (nSPS) is 16.9. The number of ether oxygens (including phenoxy) is 1. The van der Waals surface area contributed by atoms with Crippen LogP contribution >= 0.6 is 0 Å². The van der Waals surface area contributed by atoms with E-state index >= 15 is 0 Å². The topological polar surface area (TPSA) is 54.3 Å². The fourth-order valence-corrected chi connectivity index (χ4v) is 3.32. The zero-order valence-corrected chi connectivity index (χ0v) is 16.2. The number of aliphatic hydroxyl groups is 1. The van der Waals surface area contributed by atoms with E-state index in [1.807, 2.05) is 41.3 Å². The highest BCUT2D eigenvalue weighted by Gasteiger charge is 2.25. The molecule has 0 unspecified atom stereocenters. The molecule has 0 bridgehead atoms. The molecule has 152 valence electrons. The quantitative estimate of drug-likeness (QED) is 0.496. The average Bonchev–Trinajstić information content (AvgIpc) is 3.17. The van der Waals surface area contributed by atoms with E-state index in [1.54, 1.807) is 6.07 Å². The first-order valence-corrected chi connectivity index (χ1v) is 9.58. The third-order valence-electron chi connectivity index (χ3n) is 4.56. The minimum absolute atomic E-state index is 0.140. The molecule has 1 heterocycles. The second kappa shape index (κ2) is 10.7. The Hall–Kier alpha value is -2.72. The molecule has 2 aromatic carbocycles. The highest BCUT2D eigenvalue weighted by molar-refractivity contribution is 6.01. The molecular formula is C23H25FN2O3. The number of benzene rings is 2. The number of nitrogens with zero attached hydrogens (tertiary/aromatic N) is 2. The zero-order chi connectivity index (χ0) is 20.5. The summed E-state index contributed by atoms with van der Waals surface area (Å²) in [6.45, 7) is 1.66. The molecule has 1 aliphatic heterocycles. The summed E-state index contributed by atoms with van der Waals surface area (Å²) in [7, 11) is 0.